The summed E-state index contributed by atoms with van der Waals surface area (Å²) in [7, 11) is -4.09. The molecular weight excluding hydrogens is 460 g/mol. The van der Waals surface area contributed by atoms with Crippen LogP contribution < -0.4 is 5.14 Å². The average molecular weight is 468 g/mol. The van der Waals surface area contributed by atoms with Crippen molar-refractivity contribution in [3.63, 3.8) is 0 Å². The molecule has 0 fully saturated rings. The maximum atomic E-state index is 14.6. The number of hydrogen-bond acceptors (Lipinski definition) is 2. The summed E-state index contributed by atoms with van der Waals surface area (Å²) in [4.78, 5) is -0.348. The molecule has 0 bridgehead atoms. The van der Waals surface area contributed by atoms with Crippen LogP contribution in [0.5, 0.6) is 0 Å². The lowest BCUT2D eigenvalue weighted by molar-refractivity contribution is 0.412. The van der Waals surface area contributed by atoms with Crippen molar-refractivity contribution >= 4 is 33.2 Å². The zero-order chi connectivity index (χ0) is 21.7. The van der Waals surface area contributed by atoms with Crippen LogP contribution in [0.1, 0.15) is 0 Å². The van der Waals surface area contributed by atoms with E-state index in [1.54, 1.807) is 0 Å². The van der Waals surface area contributed by atoms with Crippen molar-refractivity contribution in [3.05, 3.63) is 75.5 Å². The molecule has 11 heteroatoms. The van der Waals surface area contributed by atoms with E-state index in [2.05, 4.69) is 0 Å². The molecule has 0 aliphatic heterocycles. The van der Waals surface area contributed by atoms with Gasteiger partial charge in [-0.05, 0) is 35.4 Å². The molecule has 0 aliphatic carbocycles. The molecule has 0 atom stereocenters. The van der Waals surface area contributed by atoms with E-state index in [1.165, 1.54) is 0 Å². The van der Waals surface area contributed by atoms with Crippen LogP contribution in [-0.4, -0.2) is 8.42 Å². The van der Waals surface area contributed by atoms with Crippen molar-refractivity contribution < 1.29 is 30.4 Å². The van der Waals surface area contributed by atoms with Crippen molar-refractivity contribution in [2.24, 2.45) is 5.14 Å². The number of rotatable bonds is 3. The molecule has 3 nitrogen and oxygen atoms in total. The molecule has 29 heavy (non-hydrogen) atoms. The lowest BCUT2D eigenvalue weighted by Gasteiger charge is -2.15. The second kappa shape index (κ2) is 7.56. The first-order chi connectivity index (χ1) is 13.4. The number of benzene rings is 3. The number of primary sulfonamides is 1. The minimum absolute atomic E-state index is 0.209. The topological polar surface area (TPSA) is 60.2 Å². The number of sulfonamides is 1. The highest BCUT2D eigenvalue weighted by atomic mass is 35.5. The van der Waals surface area contributed by atoms with Crippen molar-refractivity contribution in [1.82, 2.24) is 0 Å². The van der Waals surface area contributed by atoms with Crippen molar-refractivity contribution in [3.8, 4) is 22.3 Å². The van der Waals surface area contributed by atoms with Crippen molar-refractivity contribution in [2.45, 2.75) is 4.90 Å². The summed E-state index contributed by atoms with van der Waals surface area (Å²) in [6, 6.07) is 5.70. The van der Waals surface area contributed by atoms with Gasteiger partial charge in [-0.25, -0.2) is 35.5 Å². The van der Waals surface area contributed by atoms with E-state index >= 15 is 0 Å². The molecule has 0 spiro atoms. The summed E-state index contributed by atoms with van der Waals surface area (Å²) in [6.07, 6.45) is 0. The molecule has 2 N–H and O–H groups in total. The lowest BCUT2D eigenvalue weighted by atomic mass is 9.93. The first-order valence-corrected chi connectivity index (χ1v) is 9.87. The predicted molar refractivity (Wildman–Crippen MR) is 98.5 cm³/mol. The maximum Gasteiger partial charge on any atom is 0.238 e. The first-order valence-electron chi connectivity index (χ1n) is 7.57. The molecule has 0 saturated carbocycles. The van der Waals surface area contributed by atoms with Gasteiger partial charge in [0.1, 0.15) is 0 Å². The largest absolute Gasteiger partial charge is 0.238 e. The molecule has 0 radical (unpaired) electrons. The third-order valence-corrected chi connectivity index (χ3v) is 5.49. The molecule has 0 heterocycles. The maximum absolute atomic E-state index is 14.6. The highest BCUT2D eigenvalue weighted by molar-refractivity contribution is 7.89. The van der Waals surface area contributed by atoms with Crippen LogP contribution in [0, 0.1) is 29.1 Å². The molecule has 0 unspecified atom stereocenters. The summed E-state index contributed by atoms with van der Waals surface area (Å²) in [5.41, 5.74) is -2.07. The van der Waals surface area contributed by atoms with Crippen LogP contribution >= 0.6 is 23.2 Å². The van der Waals surface area contributed by atoms with Crippen molar-refractivity contribution in [2.75, 3.05) is 0 Å². The van der Waals surface area contributed by atoms with Gasteiger partial charge in [0.25, 0.3) is 0 Å². The normalized spacial score (nSPS) is 11.7. The Labute approximate surface area is 171 Å². The standard InChI is InChI=1S/C18H8Cl2F5NO2S/c19-10-5-8(6-11(20)14(10)21)13-12(15(22)17(24)18(25)16(13)23)7-1-3-9(4-2-7)29(26,27)28/h1-6H,(H2,26,27,28). The van der Waals surface area contributed by atoms with E-state index in [1.807, 2.05) is 0 Å². The van der Waals surface area contributed by atoms with E-state index in [4.69, 9.17) is 28.3 Å². The Balaban J connectivity index is 2.38. The van der Waals surface area contributed by atoms with Crippen LogP contribution in [0.4, 0.5) is 22.0 Å². The van der Waals surface area contributed by atoms with Gasteiger partial charge >= 0.3 is 0 Å². The highest BCUT2D eigenvalue weighted by Crippen LogP contribution is 2.41. The lowest BCUT2D eigenvalue weighted by Crippen LogP contribution is -2.11. The van der Waals surface area contributed by atoms with Crippen LogP contribution in [-0.2, 0) is 10.0 Å². The van der Waals surface area contributed by atoms with Crippen LogP contribution in [0.25, 0.3) is 22.3 Å². The second-order valence-corrected chi connectivity index (χ2v) is 8.21. The fraction of sp³-hybridized carbons (Fsp3) is 0. The quantitative estimate of drug-likeness (QED) is 0.306. The Morgan fingerprint density at radius 3 is 1.48 bits per heavy atom. The molecule has 0 aliphatic rings. The van der Waals surface area contributed by atoms with Gasteiger partial charge in [0.15, 0.2) is 29.1 Å². The van der Waals surface area contributed by atoms with E-state index < -0.39 is 60.3 Å². The van der Waals surface area contributed by atoms with E-state index in [-0.39, 0.29) is 16.0 Å². The molecule has 0 amide bonds. The van der Waals surface area contributed by atoms with Gasteiger partial charge < -0.3 is 0 Å². The summed E-state index contributed by atoms with van der Waals surface area (Å²) < 4.78 is 93.5. The van der Waals surface area contributed by atoms with Gasteiger partial charge in [0.05, 0.1) is 14.9 Å². The van der Waals surface area contributed by atoms with E-state index in [9.17, 15) is 30.4 Å². The Bertz CT molecular complexity index is 1230. The van der Waals surface area contributed by atoms with Gasteiger partial charge in [-0.15, -0.1) is 0 Å². The molecular formula is C18H8Cl2F5NO2S. The Hall–Kier alpha value is -2.20. The third-order valence-electron chi connectivity index (χ3n) is 4.01. The summed E-state index contributed by atoms with van der Waals surface area (Å²) in [6.45, 7) is 0. The minimum atomic E-state index is -4.09. The second-order valence-electron chi connectivity index (χ2n) is 5.83. The number of hydrogen-bond donors (Lipinski definition) is 1. The van der Waals surface area contributed by atoms with Gasteiger partial charge in [-0.3, -0.25) is 0 Å². The summed E-state index contributed by atoms with van der Waals surface area (Å²) in [5, 5.41) is 3.85. The monoisotopic (exact) mass is 467 g/mol. The Kier molecular flexibility index (Phi) is 5.61. The molecule has 3 aromatic carbocycles. The first kappa shape index (κ1) is 21.5. The smallest absolute Gasteiger partial charge is 0.225 e. The molecule has 3 rings (SSSR count). The predicted octanol–water partition coefficient (Wildman–Crippen LogP) is 5.67. The molecule has 0 saturated heterocycles. The molecule has 3 aromatic rings. The van der Waals surface area contributed by atoms with E-state index in [0.717, 1.165) is 36.4 Å². The summed E-state index contributed by atoms with van der Waals surface area (Å²) >= 11 is 11.4. The number of nitrogens with two attached hydrogens (primary N) is 1. The van der Waals surface area contributed by atoms with Gasteiger partial charge in [-0.2, -0.15) is 0 Å². The fourth-order valence-corrected chi connectivity index (χ4v) is 3.69. The van der Waals surface area contributed by atoms with Gasteiger partial charge in [0.2, 0.25) is 10.0 Å². The third kappa shape index (κ3) is 3.83. The SMILES string of the molecule is NS(=O)(=O)c1ccc(-c2c(F)c(F)c(F)c(F)c2-c2cc(Cl)c(F)c(Cl)c2)cc1. The zero-order valence-electron chi connectivity index (χ0n) is 13.9. The van der Waals surface area contributed by atoms with Crippen LogP contribution in [0.2, 0.25) is 10.0 Å². The van der Waals surface area contributed by atoms with Crippen LogP contribution in [0.3, 0.4) is 0 Å². The van der Waals surface area contributed by atoms with Crippen molar-refractivity contribution in [1.29, 1.82) is 0 Å². The Morgan fingerprint density at radius 1 is 0.655 bits per heavy atom. The average Bonchev–Trinajstić information content (AvgIpc) is 2.66. The fourth-order valence-electron chi connectivity index (χ4n) is 2.68. The summed E-state index contributed by atoms with van der Waals surface area (Å²) in [5.74, 6) is -8.75. The van der Waals surface area contributed by atoms with E-state index in [0.29, 0.717) is 0 Å². The zero-order valence-corrected chi connectivity index (χ0v) is 16.2. The Morgan fingerprint density at radius 2 is 1.07 bits per heavy atom. The minimum Gasteiger partial charge on any atom is -0.225 e. The number of halogens is 7. The molecule has 0 aromatic heterocycles. The molecule has 152 valence electrons. The highest BCUT2D eigenvalue weighted by Gasteiger charge is 2.28. The van der Waals surface area contributed by atoms with Gasteiger partial charge in [0, 0.05) is 11.1 Å². The van der Waals surface area contributed by atoms with Crippen LogP contribution in [0.15, 0.2) is 41.3 Å². The van der Waals surface area contributed by atoms with Gasteiger partial charge in [-0.1, -0.05) is 35.3 Å².